The van der Waals surface area contributed by atoms with E-state index < -0.39 is 97.5 Å². The van der Waals surface area contributed by atoms with E-state index in [9.17, 15) is 43.2 Å². The molecule has 0 amide bonds. The molecule has 0 aliphatic carbocycles. The first-order valence-corrected chi connectivity index (χ1v) is 42.0. The molecule has 0 bridgehead atoms. The Morgan fingerprint density at radius 1 is 0.287 bits per heavy atom. The molecule has 0 heterocycles. The Kier molecular flexibility index (Phi) is 65.5. The van der Waals surface area contributed by atoms with Gasteiger partial charge in [-0.3, -0.25) is 37.3 Å². The summed E-state index contributed by atoms with van der Waals surface area (Å²) in [6, 6.07) is 0. The van der Waals surface area contributed by atoms with Crippen molar-refractivity contribution in [3.63, 3.8) is 0 Å². The quantitative estimate of drug-likeness (QED) is 0.0222. The lowest BCUT2D eigenvalue weighted by atomic mass is 10.0. The van der Waals surface area contributed by atoms with Crippen LogP contribution < -0.4 is 0 Å². The summed E-state index contributed by atoms with van der Waals surface area (Å²) < 4.78 is 68.5. The van der Waals surface area contributed by atoms with Gasteiger partial charge < -0.3 is 33.8 Å². The van der Waals surface area contributed by atoms with E-state index in [0.29, 0.717) is 25.7 Å². The predicted molar refractivity (Wildman–Crippen MR) is 381 cm³/mol. The van der Waals surface area contributed by atoms with Crippen LogP contribution in [0.25, 0.3) is 0 Å². The molecular formula is C75H146O17P2. The highest BCUT2D eigenvalue weighted by atomic mass is 31.2. The number of phosphoric acid groups is 2. The Hall–Kier alpha value is -1.94. The van der Waals surface area contributed by atoms with Gasteiger partial charge in [-0.1, -0.05) is 337 Å². The zero-order valence-electron chi connectivity index (χ0n) is 61.3. The number of carbonyl (C=O) groups excluding carboxylic acids is 4. The third-order valence-electron chi connectivity index (χ3n) is 17.5. The van der Waals surface area contributed by atoms with Crippen molar-refractivity contribution >= 4 is 39.5 Å². The van der Waals surface area contributed by atoms with Crippen LogP contribution in [0.1, 0.15) is 388 Å². The van der Waals surface area contributed by atoms with Gasteiger partial charge in [0, 0.05) is 25.7 Å². The number of hydrogen-bond acceptors (Lipinski definition) is 15. The zero-order chi connectivity index (χ0) is 69.3. The second kappa shape index (κ2) is 66.9. The molecule has 0 saturated carbocycles. The summed E-state index contributed by atoms with van der Waals surface area (Å²) >= 11 is 0. The molecule has 19 heteroatoms. The van der Waals surface area contributed by atoms with Gasteiger partial charge >= 0.3 is 39.5 Å². The number of carbonyl (C=O) groups is 4. The van der Waals surface area contributed by atoms with Gasteiger partial charge in [-0.15, -0.1) is 0 Å². The van der Waals surface area contributed by atoms with Crippen LogP contribution in [0.4, 0.5) is 0 Å². The molecule has 3 N–H and O–H groups in total. The molecule has 0 saturated heterocycles. The van der Waals surface area contributed by atoms with Crippen molar-refractivity contribution in [2.75, 3.05) is 39.6 Å². The van der Waals surface area contributed by atoms with Gasteiger partial charge in [-0.2, -0.15) is 0 Å². The van der Waals surface area contributed by atoms with E-state index in [0.717, 1.165) is 102 Å². The second-order valence-electron chi connectivity index (χ2n) is 28.0. The topological polar surface area (TPSA) is 237 Å². The number of ether oxygens (including phenoxy) is 4. The summed E-state index contributed by atoms with van der Waals surface area (Å²) in [6.45, 7) is 9.62. The van der Waals surface area contributed by atoms with Crippen molar-refractivity contribution in [2.45, 2.75) is 407 Å². The molecular weight excluding hydrogens is 1230 g/mol. The highest BCUT2D eigenvalue weighted by molar-refractivity contribution is 7.47. The van der Waals surface area contributed by atoms with E-state index in [1.165, 1.54) is 205 Å². The molecule has 94 heavy (non-hydrogen) atoms. The van der Waals surface area contributed by atoms with Crippen molar-refractivity contribution in [3.05, 3.63) is 0 Å². The first kappa shape index (κ1) is 92.1. The Balaban J connectivity index is 5.24. The molecule has 0 aromatic heterocycles. The van der Waals surface area contributed by atoms with Crippen LogP contribution in [-0.4, -0.2) is 96.7 Å². The maximum Gasteiger partial charge on any atom is 0.472 e. The summed E-state index contributed by atoms with van der Waals surface area (Å²) in [5, 5.41) is 10.6. The highest BCUT2D eigenvalue weighted by Gasteiger charge is 2.30. The van der Waals surface area contributed by atoms with Crippen molar-refractivity contribution in [1.82, 2.24) is 0 Å². The van der Waals surface area contributed by atoms with E-state index in [2.05, 4.69) is 41.5 Å². The summed E-state index contributed by atoms with van der Waals surface area (Å²) in [5.74, 6) is -0.541. The fourth-order valence-electron chi connectivity index (χ4n) is 11.5. The first-order valence-electron chi connectivity index (χ1n) is 39.0. The molecule has 0 radical (unpaired) electrons. The minimum Gasteiger partial charge on any atom is -0.462 e. The third kappa shape index (κ3) is 68.6. The lowest BCUT2D eigenvalue weighted by Crippen LogP contribution is -2.30. The van der Waals surface area contributed by atoms with Crippen LogP contribution in [0.2, 0.25) is 0 Å². The van der Waals surface area contributed by atoms with Gasteiger partial charge in [0.2, 0.25) is 0 Å². The van der Waals surface area contributed by atoms with Gasteiger partial charge in [-0.25, -0.2) is 9.13 Å². The summed E-state index contributed by atoms with van der Waals surface area (Å²) in [5.41, 5.74) is 0. The Labute approximate surface area is 575 Å². The van der Waals surface area contributed by atoms with E-state index in [1.54, 1.807) is 0 Å². The van der Waals surface area contributed by atoms with Crippen LogP contribution in [-0.2, 0) is 65.4 Å². The molecule has 0 rings (SSSR count). The number of aliphatic hydroxyl groups is 1. The molecule has 0 spiro atoms. The first-order chi connectivity index (χ1) is 45.4. The number of rotatable bonds is 74. The Morgan fingerprint density at radius 3 is 0.723 bits per heavy atom. The smallest absolute Gasteiger partial charge is 0.462 e. The lowest BCUT2D eigenvalue weighted by molar-refractivity contribution is -0.161. The van der Waals surface area contributed by atoms with Gasteiger partial charge in [0.1, 0.15) is 19.3 Å². The van der Waals surface area contributed by atoms with Crippen LogP contribution in [0.5, 0.6) is 0 Å². The lowest BCUT2D eigenvalue weighted by Gasteiger charge is -2.21. The van der Waals surface area contributed by atoms with E-state index in [4.69, 9.17) is 37.0 Å². The number of esters is 4. The summed E-state index contributed by atoms with van der Waals surface area (Å²) in [7, 11) is -9.91. The van der Waals surface area contributed by atoms with Crippen molar-refractivity contribution in [3.8, 4) is 0 Å². The van der Waals surface area contributed by atoms with Crippen molar-refractivity contribution < 1.29 is 80.2 Å². The molecule has 0 aliphatic rings. The van der Waals surface area contributed by atoms with Crippen LogP contribution >= 0.6 is 15.6 Å². The van der Waals surface area contributed by atoms with Crippen LogP contribution in [0.15, 0.2) is 0 Å². The van der Waals surface area contributed by atoms with E-state index in [1.807, 2.05) is 0 Å². The van der Waals surface area contributed by atoms with Crippen LogP contribution in [0, 0.1) is 11.8 Å². The molecule has 0 aliphatic heterocycles. The molecule has 0 fully saturated rings. The fraction of sp³-hybridized carbons (Fsp3) is 0.947. The maximum atomic E-state index is 13.1. The average molecular weight is 1380 g/mol. The number of aliphatic hydroxyl groups excluding tert-OH is 1. The SMILES string of the molecule is CCCCCCCCCCCCCC(=O)OC[C@H](COP(=O)(O)OC[C@H](O)COP(=O)(O)OC[C@@H](COC(=O)CCCCCCCCCCCCCC(C)C)OC(=O)CCCCCCCCCCCCCCCCCC(C)C)OC(=O)CCCCCCCCCCCCC. The molecule has 5 atom stereocenters. The van der Waals surface area contributed by atoms with E-state index in [-0.39, 0.29) is 25.7 Å². The minimum absolute atomic E-state index is 0.107. The normalized spacial score (nSPS) is 14.0. The highest BCUT2D eigenvalue weighted by Crippen LogP contribution is 2.45. The fourth-order valence-corrected chi connectivity index (χ4v) is 13.1. The minimum atomic E-state index is -4.96. The van der Waals surface area contributed by atoms with Crippen molar-refractivity contribution in [2.24, 2.45) is 11.8 Å². The monoisotopic (exact) mass is 1380 g/mol. The molecule has 17 nitrogen and oxygen atoms in total. The predicted octanol–water partition coefficient (Wildman–Crippen LogP) is 21.9. The van der Waals surface area contributed by atoms with Crippen LogP contribution in [0.3, 0.4) is 0 Å². The molecule has 0 aromatic rings. The summed E-state index contributed by atoms with van der Waals surface area (Å²) in [6.07, 6.45) is 53.9. The molecule has 558 valence electrons. The molecule has 2 unspecified atom stereocenters. The maximum absolute atomic E-state index is 13.1. The summed E-state index contributed by atoms with van der Waals surface area (Å²) in [4.78, 5) is 72.7. The van der Waals surface area contributed by atoms with Gasteiger partial charge in [-0.05, 0) is 37.5 Å². The Bertz CT molecular complexity index is 1820. The van der Waals surface area contributed by atoms with Gasteiger partial charge in [0.15, 0.2) is 12.2 Å². The number of phosphoric ester groups is 2. The third-order valence-corrected chi connectivity index (χ3v) is 19.4. The largest absolute Gasteiger partial charge is 0.472 e. The van der Waals surface area contributed by atoms with Gasteiger partial charge in [0.25, 0.3) is 0 Å². The molecule has 0 aromatic carbocycles. The van der Waals surface area contributed by atoms with Gasteiger partial charge in [0.05, 0.1) is 26.4 Å². The second-order valence-corrected chi connectivity index (χ2v) is 30.9. The van der Waals surface area contributed by atoms with Crippen molar-refractivity contribution in [1.29, 1.82) is 0 Å². The van der Waals surface area contributed by atoms with E-state index >= 15 is 0 Å². The standard InChI is InChI=1S/C75H146O17P2/c1-7-9-11-13-15-17-25-33-39-45-51-57-72(77)85-63-70(91-74(79)59-53-47-41-35-26-18-16-14-12-10-8-2)65-89-93(81,82)87-61-69(76)62-88-94(83,84)90-66-71(64-86-73(78)58-52-46-40-34-30-24-28-32-38-44-50-56-68(5)6)92-75(80)60-54-48-42-36-29-23-21-19-20-22-27-31-37-43-49-55-67(3)4/h67-71,76H,7-66H2,1-6H3,(H,81,82)(H,83,84)/t69-,70+,71+/m0/s1. The average Bonchev–Trinajstić information content (AvgIpc) is 1.34. The zero-order valence-corrected chi connectivity index (χ0v) is 63.1. The number of hydrogen-bond donors (Lipinski definition) is 3. The number of unbranched alkanes of at least 4 members (excludes halogenated alkanes) is 44. The Morgan fingerprint density at radius 2 is 0.489 bits per heavy atom.